The zero-order valence-corrected chi connectivity index (χ0v) is 21.8. The number of hydrogen-bond acceptors (Lipinski definition) is 8. The normalized spacial score (nSPS) is 11.0. The standard InChI is InChI=1S/C26H40N6O3/c1-6-8-14-31(15-9-7-2)23-12-11-20-25(30-23)32(16-10-13-27)26(29-20)28-19-17-21(33-3)24(35-5)22(18-19)34-4/h11-12,17-18H,6-10,13-16,27H2,1-5H3,(H,28,29). The zero-order chi connectivity index (χ0) is 25.2. The average Bonchev–Trinajstić information content (AvgIpc) is 3.22. The highest BCUT2D eigenvalue weighted by Gasteiger charge is 2.18. The Hall–Kier alpha value is -3.20. The van der Waals surface area contributed by atoms with Gasteiger partial charge in [-0.1, -0.05) is 26.7 Å². The lowest BCUT2D eigenvalue weighted by Gasteiger charge is -2.23. The van der Waals surface area contributed by atoms with Crippen molar-refractivity contribution in [3.63, 3.8) is 0 Å². The number of aromatic nitrogens is 3. The van der Waals surface area contributed by atoms with E-state index >= 15 is 0 Å². The third-order valence-electron chi connectivity index (χ3n) is 5.97. The first kappa shape index (κ1) is 26.4. The van der Waals surface area contributed by atoms with Crippen LogP contribution in [0.25, 0.3) is 11.2 Å². The minimum atomic E-state index is 0.544. The summed E-state index contributed by atoms with van der Waals surface area (Å²) in [5.74, 6) is 3.38. The van der Waals surface area contributed by atoms with Crippen LogP contribution in [0.15, 0.2) is 24.3 Å². The van der Waals surface area contributed by atoms with Gasteiger partial charge >= 0.3 is 0 Å². The Morgan fingerprint density at radius 3 is 2.11 bits per heavy atom. The van der Waals surface area contributed by atoms with Crippen LogP contribution in [-0.2, 0) is 6.54 Å². The fraction of sp³-hybridized carbons (Fsp3) is 0.538. The van der Waals surface area contributed by atoms with Crippen molar-refractivity contribution in [2.75, 3.05) is 51.2 Å². The number of imidazole rings is 1. The van der Waals surface area contributed by atoms with Gasteiger partial charge in [0.1, 0.15) is 11.3 Å². The molecule has 192 valence electrons. The van der Waals surface area contributed by atoms with Crippen molar-refractivity contribution in [2.24, 2.45) is 5.73 Å². The number of nitrogens with two attached hydrogens (primary N) is 1. The highest BCUT2D eigenvalue weighted by molar-refractivity contribution is 5.78. The van der Waals surface area contributed by atoms with Gasteiger partial charge in [-0.25, -0.2) is 9.97 Å². The van der Waals surface area contributed by atoms with Crippen LogP contribution in [0, 0.1) is 0 Å². The molecule has 0 fully saturated rings. The van der Waals surface area contributed by atoms with E-state index in [1.54, 1.807) is 21.3 Å². The van der Waals surface area contributed by atoms with E-state index in [1.165, 1.54) is 0 Å². The van der Waals surface area contributed by atoms with Crippen molar-refractivity contribution < 1.29 is 14.2 Å². The average molecular weight is 485 g/mol. The Morgan fingerprint density at radius 2 is 1.57 bits per heavy atom. The Bertz CT molecular complexity index is 1050. The molecule has 0 spiro atoms. The highest BCUT2D eigenvalue weighted by atomic mass is 16.5. The smallest absolute Gasteiger partial charge is 0.209 e. The number of rotatable bonds is 15. The summed E-state index contributed by atoms with van der Waals surface area (Å²) >= 11 is 0. The van der Waals surface area contributed by atoms with E-state index in [0.29, 0.717) is 36.3 Å². The number of benzene rings is 1. The molecule has 0 atom stereocenters. The number of nitrogens with zero attached hydrogens (tertiary/aromatic N) is 4. The van der Waals surface area contributed by atoms with Gasteiger partial charge in [0, 0.05) is 37.5 Å². The van der Waals surface area contributed by atoms with Gasteiger partial charge in [0.2, 0.25) is 11.7 Å². The molecule has 3 rings (SSSR count). The lowest BCUT2D eigenvalue weighted by Crippen LogP contribution is -2.26. The SMILES string of the molecule is CCCCN(CCCC)c1ccc2nc(Nc3cc(OC)c(OC)c(OC)c3)n(CCCN)c2n1. The first-order valence-electron chi connectivity index (χ1n) is 12.5. The minimum Gasteiger partial charge on any atom is -0.493 e. The van der Waals surface area contributed by atoms with E-state index in [2.05, 4.69) is 40.8 Å². The van der Waals surface area contributed by atoms with Crippen molar-refractivity contribution in [1.29, 1.82) is 0 Å². The Kier molecular flexibility index (Phi) is 9.84. The second-order valence-corrected chi connectivity index (χ2v) is 8.47. The van der Waals surface area contributed by atoms with E-state index < -0.39 is 0 Å². The molecule has 0 radical (unpaired) electrons. The summed E-state index contributed by atoms with van der Waals surface area (Å²) in [4.78, 5) is 12.3. The molecule has 2 aromatic heterocycles. The molecule has 1 aromatic carbocycles. The number of unbranched alkanes of at least 4 members (excludes halogenated alkanes) is 2. The molecule has 0 aliphatic heterocycles. The highest BCUT2D eigenvalue weighted by Crippen LogP contribution is 2.40. The monoisotopic (exact) mass is 484 g/mol. The van der Waals surface area contributed by atoms with Gasteiger partial charge in [0.25, 0.3) is 0 Å². The molecule has 35 heavy (non-hydrogen) atoms. The van der Waals surface area contributed by atoms with Gasteiger partial charge < -0.3 is 30.2 Å². The van der Waals surface area contributed by atoms with Crippen molar-refractivity contribution >= 4 is 28.6 Å². The molecule has 0 aliphatic rings. The molecular weight excluding hydrogens is 444 g/mol. The maximum Gasteiger partial charge on any atom is 0.209 e. The zero-order valence-electron chi connectivity index (χ0n) is 21.8. The molecular formula is C26H40N6O3. The summed E-state index contributed by atoms with van der Waals surface area (Å²) in [7, 11) is 4.80. The van der Waals surface area contributed by atoms with Gasteiger partial charge in [0.05, 0.1) is 21.3 Å². The molecule has 3 N–H and O–H groups in total. The predicted octanol–water partition coefficient (Wildman–Crippen LogP) is 4.96. The fourth-order valence-corrected chi connectivity index (χ4v) is 4.05. The Balaban J connectivity index is 2.02. The van der Waals surface area contributed by atoms with E-state index in [0.717, 1.165) is 67.9 Å². The largest absolute Gasteiger partial charge is 0.493 e. The van der Waals surface area contributed by atoms with Crippen molar-refractivity contribution in [2.45, 2.75) is 52.5 Å². The quantitative estimate of drug-likeness (QED) is 0.312. The summed E-state index contributed by atoms with van der Waals surface area (Å²) < 4.78 is 18.6. The van der Waals surface area contributed by atoms with E-state index in [-0.39, 0.29) is 0 Å². The summed E-state index contributed by atoms with van der Waals surface area (Å²) in [6, 6.07) is 7.87. The second kappa shape index (κ2) is 13.0. The van der Waals surface area contributed by atoms with Crippen LogP contribution >= 0.6 is 0 Å². The summed E-state index contributed by atoms with van der Waals surface area (Å²) in [5.41, 5.74) is 8.32. The number of anilines is 3. The van der Waals surface area contributed by atoms with Crippen LogP contribution in [-0.4, -0.2) is 55.5 Å². The molecule has 3 aromatic rings. The molecule has 9 nitrogen and oxygen atoms in total. The fourth-order valence-electron chi connectivity index (χ4n) is 4.05. The van der Waals surface area contributed by atoms with Crippen LogP contribution in [0.4, 0.5) is 17.5 Å². The van der Waals surface area contributed by atoms with Crippen molar-refractivity contribution in [3.8, 4) is 17.2 Å². The molecule has 0 unspecified atom stereocenters. The van der Waals surface area contributed by atoms with Crippen LogP contribution in [0.5, 0.6) is 17.2 Å². The molecule has 0 bridgehead atoms. The molecule has 2 heterocycles. The van der Waals surface area contributed by atoms with Gasteiger partial charge in [-0.15, -0.1) is 0 Å². The third-order valence-corrected chi connectivity index (χ3v) is 5.97. The number of nitrogens with one attached hydrogen (secondary N) is 1. The maximum atomic E-state index is 5.86. The van der Waals surface area contributed by atoms with Crippen molar-refractivity contribution in [3.05, 3.63) is 24.3 Å². The number of methoxy groups -OCH3 is 3. The number of hydrogen-bond donors (Lipinski definition) is 2. The van der Waals surface area contributed by atoms with Crippen LogP contribution < -0.4 is 30.2 Å². The predicted molar refractivity (Wildman–Crippen MR) is 143 cm³/mol. The number of fused-ring (bicyclic) bond motifs is 1. The number of aryl methyl sites for hydroxylation is 1. The lowest BCUT2D eigenvalue weighted by molar-refractivity contribution is 0.324. The van der Waals surface area contributed by atoms with Gasteiger partial charge in [0.15, 0.2) is 17.1 Å². The molecule has 0 amide bonds. The number of pyridine rings is 1. The van der Waals surface area contributed by atoms with Crippen LogP contribution in [0.2, 0.25) is 0 Å². The maximum absolute atomic E-state index is 5.86. The van der Waals surface area contributed by atoms with Crippen molar-refractivity contribution in [1.82, 2.24) is 14.5 Å². The van der Waals surface area contributed by atoms with E-state index in [1.807, 2.05) is 12.1 Å². The van der Waals surface area contributed by atoms with Crippen LogP contribution in [0.3, 0.4) is 0 Å². The van der Waals surface area contributed by atoms with Gasteiger partial charge in [-0.2, -0.15) is 0 Å². The lowest BCUT2D eigenvalue weighted by atomic mass is 10.2. The Morgan fingerprint density at radius 1 is 0.914 bits per heavy atom. The summed E-state index contributed by atoms with van der Waals surface area (Å²) in [6.07, 6.45) is 5.41. The molecule has 0 aliphatic carbocycles. The minimum absolute atomic E-state index is 0.544. The molecule has 0 saturated heterocycles. The second-order valence-electron chi connectivity index (χ2n) is 8.47. The molecule has 9 heteroatoms. The van der Waals surface area contributed by atoms with Crippen LogP contribution in [0.1, 0.15) is 46.0 Å². The molecule has 0 saturated carbocycles. The van der Waals surface area contributed by atoms with E-state index in [9.17, 15) is 0 Å². The first-order valence-corrected chi connectivity index (χ1v) is 12.5. The summed E-state index contributed by atoms with van der Waals surface area (Å²) in [5, 5.41) is 3.43. The van der Waals surface area contributed by atoms with Gasteiger partial charge in [-0.05, 0) is 37.9 Å². The van der Waals surface area contributed by atoms with Gasteiger partial charge in [-0.3, -0.25) is 4.57 Å². The third kappa shape index (κ3) is 6.28. The number of ether oxygens (including phenoxy) is 3. The topological polar surface area (TPSA) is 99.7 Å². The van der Waals surface area contributed by atoms with E-state index in [4.69, 9.17) is 29.9 Å². The summed E-state index contributed by atoms with van der Waals surface area (Å²) in [6.45, 7) is 7.74. The Labute approximate surface area is 208 Å². The first-order chi connectivity index (χ1) is 17.1.